The van der Waals surface area contributed by atoms with E-state index in [9.17, 15) is 14.9 Å². The Balaban J connectivity index is 3.16. The molecule has 0 aliphatic heterocycles. The molecule has 1 unspecified atom stereocenters. The number of carboxylic acids is 1. The SMILES string of the molecule is C#CC(CC)Nc1ncc([N+](=O)[O-])cc1C(=O)O. The van der Waals surface area contributed by atoms with Crippen LogP contribution in [0, 0.1) is 22.5 Å². The number of nitrogens with zero attached hydrogens (tertiary/aromatic N) is 2. The lowest BCUT2D eigenvalue weighted by atomic mass is 10.2. The molecule has 7 heteroatoms. The molecule has 7 nitrogen and oxygen atoms in total. The molecule has 0 amide bonds. The first-order valence-electron chi connectivity index (χ1n) is 5.10. The molecule has 0 radical (unpaired) electrons. The first-order chi connectivity index (χ1) is 8.49. The maximum atomic E-state index is 11.0. The minimum Gasteiger partial charge on any atom is -0.478 e. The molecule has 94 valence electrons. The lowest BCUT2D eigenvalue weighted by molar-refractivity contribution is -0.385. The van der Waals surface area contributed by atoms with Crippen LogP contribution in [-0.4, -0.2) is 27.0 Å². The lowest BCUT2D eigenvalue weighted by Gasteiger charge is -2.12. The second-order valence-electron chi connectivity index (χ2n) is 3.42. The number of aromatic nitrogens is 1. The number of nitrogens with one attached hydrogen (secondary N) is 1. The monoisotopic (exact) mass is 249 g/mol. The molecule has 1 heterocycles. The summed E-state index contributed by atoms with van der Waals surface area (Å²) in [7, 11) is 0. The molecule has 1 atom stereocenters. The highest BCUT2D eigenvalue weighted by Crippen LogP contribution is 2.20. The Morgan fingerprint density at radius 3 is 2.89 bits per heavy atom. The molecule has 18 heavy (non-hydrogen) atoms. The Labute approximate surface area is 103 Å². The molecule has 2 N–H and O–H groups in total. The molecule has 0 aliphatic carbocycles. The molecule has 1 aromatic heterocycles. The number of hydrogen-bond acceptors (Lipinski definition) is 5. The summed E-state index contributed by atoms with van der Waals surface area (Å²) >= 11 is 0. The zero-order valence-electron chi connectivity index (χ0n) is 9.58. The van der Waals surface area contributed by atoms with Crippen molar-refractivity contribution in [2.75, 3.05) is 5.32 Å². The van der Waals surface area contributed by atoms with Crippen LogP contribution in [0.4, 0.5) is 11.5 Å². The highest BCUT2D eigenvalue weighted by molar-refractivity contribution is 5.93. The maximum absolute atomic E-state index is 11.0. The van der Waals surface area contributed by atoms with Crippen molar-refractivity contribution in [1.29, 1.82) is 0 Å². The van der Waals surface area contributed by atoms with Gasteiger partial charge in [-0.15, -0.1) is 6.42 Å². The van der Waals surface area contributed by atoms with Gasteiger partial charge in [0.05, 0.1) is 11.0 Å². The van der Waals surface area contributed by atoms with Gasteiger partial charge in [0.15, 0.2) is 0 Å². The third-order valence-corrected chi connectivity index (χ3v) is 2.23. The van der Waals surface area contributed by atoms with Gasteiger partial charge in [-0.3, -0.25) is 10.1 Å². The van der Waals surface area contributed by atoms with E-state index >= 15 is 0 Å². The topological polar surface area (TPSA) is 105 Å². The average Bonchev–Trinajstić information content (AvgIpc) is 2.35. The fraction of sp³-hybridized carbons (Fsp3) is 0.273. The number of hydrogen-bond donors (Lipinski definition) is 2. The van der Waals surface area contributed by atoms with Gasteiger partial charge in [-0.2, -0.15) is 0 Å². The van der Waals surface area contributed by atoms with Crippen molar-refractivity contribution in [3.8, 4) is 12.3 Å². The van der Waals surface area contributed by atoms with Gasteiger partial charge in [-0.25, -0.2) is 9.78 Å². The third-order valence-electron chi connectivity index (χ3n) is 2.23. The minimum absolute atomic E-state index is 0.0258. The standard InChI is InChI=1S/C11H11N3O4/c1-3-7(4-2)13-10-9(11(15)16)5-8(6-12-10)14(17)18/h1,5-7H,4H2,2H3,(H,12,13)(H,15,16). The molecule has 0 aromatic carbocycles. The number of terminal acetylenes is 1. The molecule has 1 aromatic rings. The molecule has 0 bridgehead atoms. The van der Waals surface area contributed by atoms with E-state index < -0.39 is 10.9 Å². The van der Waals surface area contributed by atoms with Crippen molar-refractivity contribution in [3.05, 3.63) is 27.9 Å². The number of anilines is 1. The number of carbonyl (C=O) groups is 1. The molecular weight excluding hydrogens is 238 g/mol. The highest BCUT2D eigenvalue weighted by atomic mass is 16.6. The van der Waals surface area contributed by atoms with E-state index in [4.69, 9.17) is 11.5 Å². The quantitative estimate of drug-likeness (QED) is 0.465. The van der Waals surface area contributed by atoms with Gasteiger partial charge < -0.3 is 10.4 Å². The van der Waals surface area contributed by atoms with Crippen molar-refractivity contribution in [2.45, 2.75) is 19.4 Å². The van der Waals surface area contributed by atoms with E-state index in [1.807, 2.05) is 6.92 Å². The van der Waals surface area contributed by atoms with Crippen LogP contribution in [0.3, 0.4) is 0 Å². The van der Waals surface area contributed by atoms with Crippen molar-refractivity contribution >= 4 is 17.5 Å². The highest BCUT2D eigenvalue weighted by Gasteiger charge is 2.18. The van der Waals surface area contributed by atoms with E-state index in [1.165, 1.54) is 0 Å². The van der Waals surface area contributed by atoms with E-state index in [0.717, 1.165) is 12.3 Å². The summed E-state index contributed by atoms with van der Waals surface area (Å²) in [5, 5.41) is 22.3. The average molecular weight is 249 g/mol. The second-order valence-corrected chi connectivity index (χ2v) is 3.42. The Morgan fingerprint density at radius 2 is 2.44 bits per heavy atom. The molecule has 1 rings (SSSR count). The molecular formula is C11H11N3O4. The fourth-order valence-corrected chi connectivity index (χ4v) is 1.26. The van der Waals surface area contributed by atoms with Gasteiger partial charge in [0.2, 0.25) is 0 Å². The normalized spacial score (nSPS) is 11.3. The van der Waals surface area contributed by atoms with Crippen molar-refractivity contribution in [3.63, 3.8) is 0 Å². The zero-order chi connectivity index (χ0) is 13.7. The molecule has 0 fully saturated rings. The summed E-state index contributed by atoms with van der Waals surface area (Å²) in [4.78, 5) is 24.6. The van der Waals surface area contributed by atoms with Crippen LogP contribution in [0.5, 0.6) is 0 Å². The summed E-state index contributed by atoms with van der Waals surface area (Å²) in [5.41, 5.74) is -0.662. The van der Waals surface area contributed by atoms with Crippen LogP contribution in [0.25, 0.3) is 0 Å². The zero-order valence-corrected chi connectivity index (χ0v) is 9.58. The maximum Gasteiger partial charge on any atom is 0.339 e. The summed E-state index contributed by atoms with van der Waals surface area (Å²) in [6.07, 6.45) is 6.80. The minimum atomic E-state index is -1.31. The molecule has 0 saturated carbocycles. The van der Waals surface area contributed by atoms with E-state index in [2.05, 4.69) is 16.2 Å². The van der Waals surface area contributed by atoms with Gasteiger partial charge in [-0.1, -0.05) is 12.8 Å². The van der Waals surface area contributed by atoms with Gasteiger partial charge in [0, 0.05) is 6.07 Å². The lowest BCUT2D eigenvalue weighted by Crippen LogP contribution is -2.19. The first kappa shape index (κ1) is 13.4. The Morgan fingerprint density at radius 1 is 1.78 bits per heavy atom. The van der Waals surface area contributed by atoms with Crippen molar-refractivity contribution in [2.24, 2.45) is 0 Å². The number of carboxylic acid groups (broad SMARTS) is 1. The van der Waals surface area contributed by atoms with Crippen LogP contribution in [0.2, 0.25) is 0 Å². The summed E-state index contributed by atoms with van der Waals surface area (Å²) < 4.78 is 0. The number of nitro groups is 1. The Bertz CT molecular complexity index is 522. The van der Waals surface area contributed by atoms with Crippen LogP contribution >= 0.6 is 0 Å². The first-order valence-corrected chi connectivity index (χ1v) is 5.10. The number of rotatable bonds is 5. The fourth-order valence-electron chi connectivity index (χ4n) is 1.26. The summed E-state index contributed by atoms with van der Waals surface area (Å²) in [6.45, 7) is 1.82. The van der Waals surface area contributed by atoms with Gasteiger partial charge in [-0.05, 0) is 6.42 Å². The number of pyridine rings is 1. The second kappa shape index (κ2) is 5.63. The van der Waals surface area contributed by atoms with Crippen molar-refractivity contribution < 1.29 is 14.8 Å². The van der Waals surface area contributed by atoms with Crippen LogP contribution in [-0.2, 0) is 0 Å². The van der Waals surface area contributed by atoms with E-state index in [-0.39, 0.29) is 23.1 Å². The predicted molar refractivity (Wildman–Crippen MR) is 64.4 cm³/mol. The number of aromatic carboxylic acids is 1. The van der Waals surface area contributed by atoms with Gasteiger partial charge >= 0.3 is 5.97 Å². The Kier molecular flexibility index (Phi) is 4.21. The van der Waals surface area contributed by atoms with E-state index in [0.29, 0.717) is 6.42 Å². The van der Waals surface area contributed by atoms with Crippen LogP contribution < -0.4 is 5.32 Å². The Hall–Kier alpha value is -2.62. The molecule has 0 aliphatic rings. The van der Waals surface area contributed by atoms with Crippen LogP contribution in [0.15, 0.2) is 12.3 Å². The smallest absolute Gasteiger partial charge is 0.339 e. The van der Waals surface area contributed by atoms with Crippen LogP contribution in [0.1, 0.15) is 23.7 Å². The van der Waals surface area contributed by atoms with Gasteiger partial charge in [0.1, 0.15) is 17.6 Å². The van der Waals surface area contributed by atoms with E-state index in [1.54, 1.807) is 0 Å². The molecule has 0 spiro atoms. The summed E-state index contributed by atoms with van der Waals surface area (Å²) in [5.74, 6) is 1.15. The summed E-state index contributed by atoms with van der Waals surface area (Å²) in [6, 6.07) is 0.568. The predicted octanol–water partition coefficient (Wildman–Crippen LogP) is 1.51. The van der Waals surface area contributed by atoms with Crippen molar-refractivity contribution in [1.82, 2.24) is 4.98 Å². The van der Waals surface area contributed by atoms with Gasteiger partial charge in [0.25, 0.3) is 5.69 Å². The third kappa shape index (κ3) is 2.95. The largest absolute Gasteiger partial charge is 0.478 e. The molecule has 0 saturated heterocycles.